The maximum atomic E-state index is 12.1. The fraction of sp³-hybridized carbons (Fsp3) is 0.263. The second kappa shape index (κ2) is 7.57. The number of carbonyl (C=O) groups is 2. The number of fused-ring (bicyclic) bond motifs is 1. The minimum Gasteiger partial charge on any atom is -0.452 e. The normalized spacial score (nSPS) is 16.0. The summed E-state index contributed by atoms with van der Waals surface area (Å²) in [6.07, 6.45) is 2.92. The molecular formula is C19H19ClN2O3. The Kier molecular flexibility index (Phi) is 5.24. The molecule has 0 heterocycles. The molecule has 0 radical (unpaired) electrons. The van der Waals surface area contributed by atoms with Crippen molar-refractivity contribution in [3.05, 3.63) is 64.2 Å². The van der Waals surface area contributed by atoms with Crippen molar-refractivity contribution < 1.29 is 14.3 Å². The van der Waals surface area contributed by atoms with E-state index in [0.29, 0.717) is 10.7 Å². The molecule has 0 fully saturated rings. The van der Waals surface area contributed by atoms with Gasteiger partial charge in [0.1, 0.15) is 0 Å². The van der Waals surface area contributed by atoms with Gasteiger partial charge in [0.15, 0.2) is 6.61 Å². The van der Waals surface area contributed by atoms with Gasteiger partial charge in [0, 0.05) is 0 Å². The van der Waals surface area contributed by atoms with Crippen molar-refractivity contribution in [3.8, 4) is 0 Å². The number of halogens is 1. The number of nitrogen functional groups attached to an aromatic ring is 1. The summed E-state index contributed by atoms with van der Waals surface area (Å²) in [6, 6.07) is 12.5. The van der Waals surface area contributed by atoms with Crippen LogP contribution in [0.2, 0.25) is 5.02 Å². The van der Waals surface area contributed by atoms with E-state index in [1.54, 1.807) is 0 Å². The minimum absolute atomic E-state index is 0.0395. The van der Waals surface area contributed by atoms with Crippen LogP contribution in [0.5, 0.6) is 0 Å². The third kappa shape index (κ3) is 4.12. The summed E-state index contributed by atoms with van der Waals surface area (Å²) in [5.74, 6) is -0.931. The summed E-state index contributed by atoms with van der Waals surface area (Å²) in [5.41, 5.74) is 8.61. The molecule has 0 spiro atoms. The Balaban J connectivity index is 1.57. The van der Waals surface area contributed by atoms with Crippen LogP contribution in [0.1, 0.15) is 40.4 Å². The van der Waals surface area contributed by atoms with Gasteiger partial charge in [-0.3, -0.25) is 4.79 Å². The minimum atomic E-state index is -0.609. The molecule has 2 aromatic carbocycles. The molecule has 130 valence electrons. The quantitative estimate of drug-likeness (QED) is 0.649. The van der Waals surface area contributed by atoms with Gasteiger partial charge in [-0.2, -0.15) is 0 Å². The van der Waals surface area contributed by atoms with Gasteiger partial charge in [-0.1, -0.05) is 35.9 Å². The molecule has 3 N–H and O–H groups in total. The maximum Gasteiger partial charge on any atom is 0.338 e. The predicted octanol–water partition coefficient (Wildman–Crippen LogP) is 3.27. The van der Waals surface area contributed by atoms with E-state index < -0.39 is 5.97 Å². The van der Waals surface area contributed by atoms with Crippen LogP contribution in [-0.4, -0.2) is 18.5 Å². The van der Waals surface area contributed by atoms with E-state index in [2.05, 4.69) is 11.4 Å². The molecule has 25 heavy (non-hydrogen) atoms. The summed E-state index contributed by atoms with van der Waals surface area (Å²) in [5, 5.41) is 3.31. The van der Waals surface area contributed by atoms with Crippen molar-refractivity contribution in [2.75, 3.05) is 12.3 Å². The Bertz CT molecular complexity index is 807. The van der Waals surface area contributed by atoms with Crippen molar-refractivity contribution >= 4 is 29.2 Å². The standard InChI is InChI=1S/C19H19ClN2O3/c20-15-9-8-13(10-16(15)21)19(24)25-11-18(23)22-17-7-3-5-12-4-1-2-6-14(12)17/h1-2,4,6,8-10,17H,3,5,7,11,21H2,(H,22,23)/t17-/m1/s1. The Morgan fingerprint density at radius 3 is 2.84 bits per heavy atom. The Hall–Kier alpha value is -2.53. The first-order chi connectivity index (χ1) is 12.0. The van der Waals surface area contributed by atoms with Crippen LogP contribution in [0.3, 0.4) is 0 Å². The summed E-state index contributed by atoms with van der Waals surface area (Å²) in [4.78, 5) is 24.1. The van der Waals surface area contributed by atoms with Crippen LogP contribution in [0.15, 0.2) is 42.5 Å². The highest BCUT2D eigenvalue weighted by atomic mass is 35.5. The van der Waals surface area contributed by atoms with Crippen molar-refractivity contribution in [1.82, 2.24) is 5.32 Å². The largest absolute Gasteiger partial charge is 0.452 e. The summed E-state index contributed by atoms with van der Waals surface area (Å²) in [6.45, 7) is -0.333. The van der Waals surface area contributed by atoms with Crippen molar-refractivity contribution in [1.29, 1.82) is 0 Å². The first-order valence-electron chi connectivity index (χ1n) is 8.14. The number of hydrogen-bond donors (Lipinski definition) is 2. The Morgan fingerprint density at radius 2 is 2.04 bits per heavy atom. The van der Waals surface area contributed by atoms with Crippen molar-refractivity contribution in [3.63, 3.8) is 0 Å². The number of anilines is 1. The Labute approximate surface area is 151 Å². The van der Waals surface area contributed by atoms with E-state index >= 15 is 0 Å². The third-order valence-corrected chi connectivity index (χ3v) is 4.61. The van der Waals surface area contributed by atoms with Gasteiger partial charge in [0.25, 0.3) is 5.91 Å². The highest BCUT2D eigenvalue weighted by molar-refractivity contribution is 6.33. The number of hydrogen-bond acceptors (Lipinski definition) is 4. The fourth-order valence-electron chi connectivity index (χ4n) is 3.03. The SMILES string of the molecule is Nc1cc(C(=O)OCC(=O)N[C@@H]2CCCc3ccccc32)ccc1Cl. The molecule has 1 aliphatic rings. The van der Waals surface area contributed by atoms with Crippen molar-refractivity contribution in [2.24, 2.45) is 0 Å². The zero-order chi connectivity index (χ0) is 17.8. The van der Waals surface area contributed by atoms with Gasteiger partial charge in [-0.15, -0.1) is 0 Å². The molecule has 3 rings (SSSR count). The molecule has 1 atom stereocenters. The molecule has 0 aliphatic heterocycles. The maximum absolute atomic E-state index is 12.1. The molecule has 0 bridgehead atoms. The van der Waals surface area contributed by atoms with Gasteiger partial charge in [-0.25, -0.2) is 4.79 Å². The number of benzene rings is 2. The monoisotopic (exact) mass is 358 g/mol. The van der Waals surface area contributed by atoms with Gasteiger partial charge in [0.05, 0.1) is 22.3 Å². The zero-order valence-corrected chi connectivity index (χ0v) is 14.4. The van der Waals surface area contributed by atoms with Crippen molar-refractivity contribution in [2.45, 2.75) is 25.3 Å². The highest BCUT2D eigenvalue weighted by Crippen LogP contribution is 2.29. The lowest BCUT2D eigenvalue weighted by molar-refractivity contribution is -0.125. The topological polar surface area (TPSA) is 81.4 Å². The van der Waals surface area contributed by atoms with Gasteiger partial charge < -0.3 is 15.8 Å². The molecule has 0 unspecified atom stereocenters. The van der Waals surface area contributed by atoms with Gasteiger partial charge >= 0.3 is 5.97 Å². The summed E-state index contributed by atoms with van der Waals surface area (Å²) in [7, 11) is 0. The van der Waals surface area contributed by atoms with Gasteiger partial charge in [-0.05, 0) is 48.6 Å². The smallest absolute Gasteiger partial charge is 0.338 e. The second-order valence-corrected chi connectivity index (χ2v) is 6.43. The third-order valence-electron chi connectivity index (χ3n) is 4.27. The first kappa shape index (κ1) is 17.3. The van der Waals surface area contributed by atoms with E-state index in [1.165, 1.54) is 23.8 Å². The van der Waals surface area contributed by atoms with E-state index in [4.69, 9.17) is 22.1 Å². The zero-order valence-electron chi connectivity index (χ0n) is 13.6. The average Bonchev–Trinajstić information content (AvgIpc) is 2.62. The number of nitrogens with one attached hydrogen (secondary N) is 1. The average molecular weight is 359 g/mol. The van der Waals surface area contributed by atoms with E-state index in [1.807, 2.05) is 18.2 Å². The van der Waals surface area contributed by atoms with Gasteiger partial charge in [0.2, 0.25) is 0 Å². The van der Waals surface area contributed by atoms with Crippen LogP contribution in [0, 0.1) is 0 Å². The van der Waals surface area contributed by atoms with E-state index in [-0.39, 0.29) is 24.1 Å². The lowest BCUT2D eigenvalue weighted by atomic mass is 9.88. The summed E-state index contributed by atoms with van der Waals surface area (Å²) >= 11 is 5.82. The lowest BCUT2D eigenvalue weighted by Gasteiger charge is -2.26. The molecule has 0 saturated heterocycles. The fourth-order valence-corrected chi connectivity index (χ4v) is 3.14. The first-order valence-corrected chi connectivity index (χ1v) is 8.51. The van der Waals surface area contributed by atoms with Crippen LogP contribution in [-0.2, 0) is 16.0 Å². The second-order valence-electron chi connectivity index (χ2n) is 6.02. The molecule has 6 heteroatoms. The number of nitrogens with two attached hydrogens (primary N) is 1. The van der Waals surface area contributed by atoms with Crippen LogP contribution in [0.25, 0.3) is 0 Å². The number of rotatable bonds is 4. The molecule has 1 amide bonds. The molecule has 0 aromatic heterocycles. The van der Waals surface area contributed by atoms with Crippen LogP contribution < -0.4 is 11.1 Å². The van der Waals surface area contributed by atoms with Crippen LogP contribution >= 0.6 is 11.6 Å². The number of carbonyl (C=O) groups excluding carboxylic acids is 2. The molecule has 0 saturated carbocycles. The number of aryl methyl sites for hydroxylation is 1. The Morgan fingerprint density at radius 1 is 1.24 bits per heavy atom. The molecule has 1 aliphatic carbocycles. The van der Waals surface area contributed by atoms with Crippen LogP contribution in [0.4, 0.5) is 5.69 Å². The highest BCUT2D eigenvalue weighted by Gasteiger charge is 2.22. The number of amides is 1. The molecule has 5 nitrogen and oxygen atoms in total. The molecular weight excluding hydrogens is 340 g/mol. The summed E-state index contributed by atoms with van der Waals surface area (Å²) < 4.78 is 5.06. The lowest BCUT2D eigenvalue weighted by Crippen LogP contribution is -2.34. The van der Waals surface area contributed by atoms with E-state index in [0.717, 1.165) is 24.8 Å². The van der Waals surface area contributed by atoms with E-state index in [9.17, 15) is 9.59 Å². The molecule has 2 aromatic rings. The predicted molar refractivity (Wildman–Crippen MR) is 96.4 cm³/mol. The number of esters is 1. The number of ether oxygens (including phenoxy) is 1.